The Morgan fingerprint density at radius 3 is 2.64 bits per heavy atom. The van der Waals surface area contributed by atoms with Crippen LogP contribution >= 0.6 is 0 Å². The lowest BCUT2D eigenvalue weighted by Crippen LogP contribution is -2.57. The Morgan fingerprint density at radius 2 is 1.94 bits per heavy atom. The number of halogens is 3. The number of nitrogens with zero attached hydrogens (tertiary/aromatic N) is 4. The minimum atomic E-state index is -0.983. The number of hydrogen-bond donors (Lipinski definition) is 2. The zero-order chi connectivity index (χ0) is 25.0. The summed E-state index contributed by atoms with van der Waals surface area (Å²) in [6, 6.07) is 5.06. The molecule has 0 unspecified atom stereocenters. The molecule has 3 aliphatic rings. The Hall–Kier alpha value is -3.40. The molecule has 4 atom stereocenters. The van der Waals surface area contributed by atoms with Crippen molar-refractivity contribution < 1.29 is 18.3 Å². The number of aromatic nitrogens is 3. The molecule has 1 saturated carbocycles. The summed E-state index contributed by atoms with van der Waals surface area (Å²) < 4.78 is 43.9. The van der Waals surface area contributed by atoms with Crippen molar-refractivity contribution in [3.05, 3.63) is 59.0 Å². The lowest BCUT2D eigenvalue weighted by molar-refractivity contribution is 0.171. The summed E-state index contributed by atoms with van der Waals surface area (Å²) in [5.41, 5.74) is 0.0404. The molecule has 4 heterocycles. The Kier molecular flexibility index (Phi) is 5.70. The van der Waals surface area contributed by atoms with E-state index >= 15 is 8.78 Å². The van der Waals surface area contributed by atoms with Gasteiger partial charge in [0.1, 0.15) is 23.6 Å². The highest BCUT2D eigenvalue weighted by Gasteiger charge is 2.48. The van der Waals surface area contributed by atoms with Crippen LogP contribution in [0.15, 0.2) is 47.7 Å². The van der Waals surface area contributed by atoms with Crippen molar-refractivity contribution in [2.24, 2.45) is 0 Å². The van der Waals surface area contributed by atoms with Gasteiger partial charge < -0.3 is 15.3 Å². The van der Waals surface area contributed by atoms with E-state index in [0.717, 1.165) is 48.8 Å². The summed E-state index contributed by atoms with van der Waals surface area (Å²) in [7, 11) is 0. The number of fused-ring (bicyclic) bond motifs is 2. The van der Waals surface area contributed by atoms with Crippen LogP contribution in [0.25, 0.3) is 22.4 Å². The lowest BCUT2D eigenvalue weighted by Gasteiger charge is -2.41. The van der Waals surface area contributed by atoms with Crippen molar-refractivity contribution in [3.63, 3.8) is 0 Å². The third kappa shape index (κ3) is 4.03. The zero-order valence-corrected chi connectivity index (χ0v) is 19.4. The first kappa shape index (κ1) is 23.0. The molecule has 0 amide bonds. The highest BCUT2D eigenvalue weighted by Crippen LogP contribution is 2.40. The maximum atomic E-state index is 15.3. The standard InChI is InChI=1S/C26H26F3N5O2/c27-13-33-6-5-14(7-25(33)36)17-10-23(35)18(9-19(17)28)21-11-31-24(12-30-21)34(16-2-3-16)22-8-15-1-4-20(32-15)26(22)29/h5-7,9-12,15-16,20,22,26,32,35H,1-4,8,13H2/t15-,20+,22-,26+/m0/s1. The first-order valence-electron chi connectivity index (χ1n) is 12.2. The smallest absolute Gasteiger partial charge is 0.253 e. The second-order valence-electron chi connectivity index (χ2n) is 9.89. The minimum absolute atomic E-state index is 0.0124. The summed E-state index contributed by atoms with van der Waals surface area (Å²) >= 11 is 0. The van der Waals surface area contributed by atoms with Gasteiger partial charge in [0.25, 0.3) is 5.56 Å². The monoisotopic (exact) mass is 497 g/mol. The number of rotatable bonds is 6. The average molecular weight is 498 g/mol. The van der Waals surface area contributed by atoms with E-state index in [0.29, 0.717) is 11.9 Å². The van der Waals surface area contributed by atoms with Crippen LogP contribution in [0.5, 0.6) is 5.75 Å². The van der Waals surface area contributed by atoms with E-state index in [9.17, 15) is 14.3 Å². The third-order valence-electron chi connectivity index (χ3n) is 7.55. The number of benzene rings is 1. The van der Waals surface area contributed by atoms with Crippen molar-refractivity contribution in [1.82, 2.24) is 19.9 Å². The fourth-order valence-corrected chi connectivity index (χ4v) is 5.58. The molecule has 2 bridgehead atoms. The summed E-state index contributed by atoms with van der Waals surface area (Å²) in [5.74, 6) is -0.322. The zero-order valence-electron chi connectivity index (χ0n) is 19.4. The Balaban J connectivity index is 1.28. The maximum absolute atomic E-state index is 15.3. The molecule has 6 rings (SSSR count). The number of pyridine rings is 1. The SMILES string of the molecule is O=c1cc(-c2cc(O)c(-c3cnc(N(C4CC4)[C@H]4C[C@@H]5CC[C@@H](N5)[C@H]4F)cn3)cc2F)ccn1CF. The number of piperidine rings is 1. The van der Waals surface area contributed by atoms with Gasteiger partial charge in [0.05, 0.1) is 24.1 Å². The topological polar surface area (TPSA) is 83.3 Å². The van der Waals surface area contributed by atoms with E-state index in [1.165, 1.54) is 24.5 Å². The van der Waals surface area contributed by atoms with Crippen LogP contribution in [0.1, 0.15) is 32.1 Å². The fourth-order valence-electron chi connectivity index (χ4n) is 5.58. The van der Waals surface area contributed by atoms with Crippen molar-refractivity contribution >= 4 is 5.82 Å². The van der Waals surface area contributed by atoms with Gasteiger partial charge in [-0.3, -0.25) is 14.3 Å². The lowest BCUT2D eigenvalue weighted by atomic mass is 9.96. The van der Waals surface area contributed by atoms with Crippen molar-refractivity contribution in [2.45, 2.75) is 69.2 Å². The molecular formula is C26H26F3N5O2. The summed E-state index contributed by atoms with van der Waals surface area (Å²) in [4.78, 5) is 23.0. The minimum Gasteiger partial charge on any atom is -0.507 e. The van der Waals surface area contributed by atoms with Crippen LogP contribution in [-0.4, -0.2) is 50.0 Å². The van der Waals surface area contributed by atoms with Gasteiger partial charge in [-0.2, -0.15) is 0 Å². The molecular weight excluding hydrogens is 471 g/mol. The van der Waals surface area contributed by atoms with E-state index in [1.54, 1.807) is 6.20 Å². The Morgan fingerprint density at radius 1 is 1.11 bits per heavy atom. The normalized spacial score (nSPS) is 25.2. The van der Waals surface area contributed by atoms with Crippen molar-refractivity contribution in [3.8, 4) is 28.1 Å². The third-order valence-corrected chi connectivity index (χ3v) is 7.55. The first-order valence-corrected chi connectivity index (χ1v) is 12.2. The van der Waals surface area contributed by atoms with Crippen molar-refractivity contribution in [2.75, 3.05) is 4.90 Å². The molecule has 1 aliphatic carbocycles. The number of phenolic OH excluding ortho intramolecular Hbond substituents is 1. The number of alkyl halides is 2. The number of phenols is 1. The molecule has 1 aromatic carbocycles. The molecule has 0 radical (unpaired) electrons. The molecule has 10 heteroatoms. The van der Waals surface area contributed by atoms with Crippen LogP contribution < -0.4 is 15.8 Å². The molecule has 2 aliphatic heterocycles. The number of nitrogens with one attached hydrogen (secondary N) is 1. The summed E-state index contributed by atoms with van der Waals surface area (Å²) in [6.45, 7) is -0.983. The van der Waals surface area contributed by atoms with Crippen LogP contribution in [0, 0.1) is 5.82 Å². The Labute approximate surface area is 205 Å². The molecule has 0 spiro atoms. The molecule has 7 nitrogen and oxygen atoms in total. The van der Waals surface area contributed by atoms with E-state index in [1.807, 2.05) is 0 Å². The van der Waals surface area contributed by atoms with Gasteiger partial charge in [0.2, 0.25) is 0 Å². The number of hydrogen-bond acceptors (Lipinski definition) is 6. The maximum Gasteiger partial charge on any atom is 0.253 e. The molecule has 2 N–H and O–H groups in total. The summed E-state index contributed by atoms with van der Waals surface area (Å²) in [5, 5.41) is 14.0. The van der Waals surface area contributed by atoms with Gasteiger partial charge in [0, 0.05) is 41.5 Å². The molecule has 188 valence electrons. The van der Waals surface area contributed by atoms with E-state index in [4.69, 9.17) is 0 Å². The highest BCUT2D eigenvalue weighted by atomic mass is 19.1. The number of aromatic hydroxyl groups is 1. The van der Waals surface area contributed by atoms with Gasteiger partial charge in [-0.05, 0) is 55.9 Å². The predicted octanol–water partition coefficient (Wildman–Crippen LogP) is 3.94. The second-order valence-corrected chi connectivity index (χ2v) is 9.89. The van der Waals surface area contributed by atoms with E-state index in [-0.39, 0.29) is 46.3 Å². The van der Waals surface area contributed by atoms with Gasteiger partial charge >= 0.3 is 0 Å². The van der Waals surface area contributed by atoms with Crippen LogP contribution in [-0.2, 0) is 6.80 Å². The average Bonchev–Trinajstić information content (AvgIpc) is 3.63. The van der Waals surface area contributed by atoms with Gasteiger partial charge in [-0.15, -0.1) is 0 Å². The highest BCUT2D eigenvalue weighted by molar-refractivity contribution is 5.74. The van der Waals surface area contributed by atoms with E-state index in [2.05, 4.69) is 20.2 Å². The van der Waals surface area contributed by atoms with Crippen LogP contribution in [0.2, 0.25) is 0 Å². The fraction of sp³-hybridized carbons (Fsp3) is 0.423. The molecule has 3 aromatic rings. The van der Waals surface area contributed by atoms with Crippen LogP contribution in [0.4, 0.5) is 19.0 Å². The molecule has 2 saturated heterocycles. The largest absolute Gasteiger partial charge is 0.507 e. The number of anilines is 1. The van der Waals surface area contributed by atoms with Crippen LogP contribution in [0.3, 0.4) is 0 Å². The first-order chi connectivity index (χ1) is 17.4. The molecule has 2 aromatic heterocycles. The van der Waals surface area contributed by atoms with Gasteiger partial charge in [-0.1, -0.05) is 0 Å². The quantitative estimate of drug-likeness (QED) is 0.537. The predicted molar refractivity (Wildman–Crippen MR) is 129 cm³/mol. The molecule has 3 fully saturated rings. The van der Waals surface area contributed by atoms with Gasteiger partial charge in [0.15, 0.2) is 6.80 Å². The molecule has 36 heavy (non-hydrogen) atoms. The van der Waals surface area contributed by atoms with E-state index < -0.39 is 24.3 Å². The second kappa shape index (κ2) is 8.92. The Bertz CT molecular complexity index is 1340. The van der Waals surface area contributed by atoms with Crippen molar-refractivity contribution in [1.29, 1.82) is 0 Å². The van der Waals surface area contributed by atoms with Gasteiger partial charge in [-0.25, -0.2) is 18.2 Å². The summed E-state index contributed by atoms with van der Waals surface area (Å²) in [6.07, 6.45) is 7.80.